The van der Waals surface area contributed by atoms with Crippen molar-refractivity contribution in [3.05, 3.63) is 0 Å². The molecular weight excluding hydrogens is 138 g/mol. The lowest BCUT2D eigenvalue weighted by molar-refractivity contribution is -0.131. The minimum Gasteiger partial charge on any atom is -0.356 e. The second kappa shape index (κ2) is 2.84. The zero-order chi connectivity index (χ0) is 8.48. The molecule has 11 heavy (non-hydrogen) atoms. The van der Waals surface area contributed by atoms with E-state index in [0.717, 1.165) is 19.4 Å². The van der Waals surface area contributed by atoms with Crippen LogP contribution >= 0.6 is 0 Å². The van der Waals surface area contributed by atoms with E-state index in [9.17, 15) is 4.79 Å². The molecule has 0 spiro atoms. The van der Waals surface area contributed by atoms with E-state index in [1.807, 2.05) is 0 Å². The number of carbonyl (C=O) groups excluding carboxylic acids is 1. The highest BCUT2D eigenvalue weighted by molar-refractivity contribution is 5.80. The lowest BCUT2D eigenvalue weighted by Crippen LogP contribution is -2.46. The number of carbonyl (C=O) groups is 1. The third-order valence-electron chi connectivity index (χ3n) is 2.74. The SMILES string of the molecule is CCC1C(=O)NCCC1(C)C. The smallest absolute Gasteiger partial charge is 0.223 e. The highest BCUT2D eigenvalue weighted by atomic mass is 16.2. The topological polar surface area (TPSA) is 29.1 Å². The molecule has 0 saturated carbocycles. The molecule has 2 heteroatoms. The van der Waals surface area contributed by atoms with Gasteiger partial charge in [-0.1, -0.05) is 20.8 Å². The molecular formula is C9H17NO. The van der Waals surface area contributed by atoms with Crippen molar-refractivity contribution in [3.8, 4) is 0 Å². The van der Waals surface area contributed by atoms with Crippen molar-refractivity contribution in [2.24, 2.45) is 11.3 Å². The molecule has 1 fully saturated rings. The maximum atomic E-state index is 11.3. The second-order valence-corrected chi connectivity index (χ2v) is 3.99. The molecule has 1 aliphatic rings. The van der Waals surface area contributed by atoms with Crippen molar-refractivity contribution >= 4 is 5.91 Å². The van der Waals surface area contributed by atoms with E-state index in [-0.39, 0.29) is 17.2 Å². The predicted octanol–water partition coefficient (Wildman–Crippen LogP) is 1.56. The zero-order valence-electron chi connectivity index (χ0n) is 7.61. The van der Waals surface area contributed by atoms with Crippen LogP contribution in [0.1, 0.15) is 33.6 Å². The van der Waals surface area contributed by atoms with Gasteiger partial charge in [-0.25, -0.2) is 0 Å². The quantitative estimate of drug-likeness (QED) is 0.611. The van der Waals surface area contributed by atoms with Crippen molar-refractivity contribution in [3.63, 3.8) is 0 Å². The largest absolute Gasteiger partial charge is 0.356 e. The summed E-state index contributed by atoms with van der Waals surface area (Å²) in [6, 6.07) is 0. The van der Waals surface area contributed by atoms with Crippen LogP contribution in [0.15, 0.2) is 0 Å². The molecule has 1 rings (SSSR count). The second-order valence-electron chi connectivity index (χ2n) is 3.99. The van der Waals surface area contributed by atoms with Gasteiger partial charge in [0.1, 0.15) is 0 Å². The number of piperidine rings is 1. The Balaban J connectivity index is 2.72. The van der Waals surface area contributed by atoms with Crippen molar-refractivity contribution in [2.45, 2.75) is 33.6 Å². The highest BCUT2D eigenvalue weighted by Gasteiger charge is 2.36. The average Bonchev–Trinajstić information content (AvgIpc) is 1.86. The number of amides is 1. The number of rotatable bonds is 1. The molecule has 1 unspecified atom stereocenters. The van der Waals surface area contributed by atoms with Crippen LogP contribution in [0.25, 0.3) is 0 Å². The monoisotopic (exact) mass is 155 g/mol. The van der Waals surface area contributed by atoms with Crippen LogP contribution in [0.5, 0.6) is 0 Å². The summed E-state index contributed by atoms with van der Waals surface area (Å²) in [5, 5.41) is 2.90. The standard InChI is InChI=1S/C9H17NO/c1-4-7-8(11)10-6-5-9(7,2)3/h7H,4-6H2,1-3H3,(H,10,11). The molecule has 1 N–H and O–H groups in total. The summed E-state index contributed by atoms with van der Waals surface area (Å²) in [7, 11) is 0. The van der Waals surface area contributed by atoms with Crippen LogP contribution in [0.3, 0.4) is 0 Å². The summed E-state index contributed by atoms with van der Waals surface area (Å²) >= 11 is 0. The first kappa shape index (κ1) is 8.57. The molecule has 1 aliphatic heterocycles. The number of hydrogen-bond donors (Lipinski definition) is 1. The van der Waals surface area contributed by atoms with Crippen LogP contribution in [0.4, 0.5) is 0 Å². The predicted molar refractivity (Wildman–Crippen MR) is 45.2 cm³/mol. The van der Waals surface area contributed by atoms with Gasteiger partial charge < -0.3 is 5.32 Å². The van der Waals surface area contributed by atoms with Crippen LogP contribution in [0.2, 0.25) is 0 Å². The fraction of sp³-hybridized carbons (Fsp3) is 0.889. The normalized spacial score (nSPS) is 29.7. The Bertz CT molecular complexity index is 163. The first-order valence-electron chi connectivity index (χ1n) is 4.35. The van der Waals surface area contributed by atoms with Gasteiger partial charge in [-0.3, -0.25) is 4.79 Å². The van der Waals surface area contributed by atoms with Gasteiger partial charge in [0.15, 0.2) is 0 Å². The Labute approximate surface area is 68.4 Å². The van der Waals surface area contributed by atoms with E-state index < -0.39 is 0 Å². The minimum absolute atomic E-state index is 0.205. The van der Waals surface area contributed by atoms with Crippen LogP contribution < -0.4 is 5.32 Å². The first-order chi connectivity index (χ1) is 5.08. The van der Waals surface area contributed by atoms with Crippen LogP contribution in [-0.2, 0) is 4.79 Å². The molecule has 1 amide bonds. The summed E-state index contributed by atoms with van der Waals surface area (Å²) in [6.45, 7) is 7.29. The van der Waals surface area contributed by atoms with E-state index in [4.69, 9.17) is 0 Å². The van der Waals surface area contributed by atoms with E-state index in [2.05, 4.69) is 26.1 Å². The number of hydrogen-bond acceptors (Lipinski definition) is 1. The Morgan fingerprint density at radius 2 is 2.27 bits per heavy atom. The van der Waals surface area contributed by atoms with E-state index in [1.54, 1.807) is 0 Å². The van der Waals surface area contributed by atoms with Gasteiger partial charge >= 0.3 is 0 Å². The molecule has 1 heterocycles. The first-order valence-corrected chi connectivity index (χ1v) is 4.35. The Morgan fingerprint density at radius 3 is 2.64 bits per heavy atom. The maximum absolute atomic E-state index is 11.3. The van der Waals surface area contributed by atoms with Gasteiger partial charge in [0.2, 0.25) is 5.91 Å². The van der Waals surface area contributed by atoms with Crippen molar-refractivity contribution in [1.29, 1.82) is 0 Å². The molecule has 1 atom stereocenters. The molecule has 0 bridgehead atoms. The number of nitrogens with one attached hydrogen (secondary N) is 1. The third kappa shape index (κ3) is 1.55. The molecule has 0 aromatic rings. The summed E-state index contributed by atoms with van der Waals surface area (Å²) in [5.41, 5.74) is 0.205. The molecule has 2 nitrogen and oxygen atoms in total. The lowest BCUT2D eigenvalue weighted by atomic mass is 9.72. The molecule has 1 saturated heterocycles. The fourth-order valence-corrected chi connectivity index (χ4v) is 1.90. The maximum Gasteiger partial charge on any atom is 0.223 e. The molecule has 0 aromatic heterocycles. The van der Waals surface area contributed by atoms with Crippen molar-refractivity contribution in [1.82, 2.24) is 5.32 Å². The van der Waals surface area contributed by atoms with Crippen molar-refractivity contribution in [2.75, 3.05) is 6.54 Å². The van der Waals surface area contributed by atoms with Crippen LogP contribution in [0, 0.1) is 11.3 Å². The molecule has 0 radical (unpaired) electrons. The summed E-state index contributed by atoms with van der Waals surface area (Å²) < 4.78 is 0. The van der Waals surface area contributed by atoms with Gasteiger partial charge in [0.05, 0.1) is 0 Å². The fourth-order valence-electron chi connectivity index (χ4n) is 1.90. The lowest BCUT2D eigenvalue weighted by Gasteiger charge is -2.37. The van der Waals surface area contributed by atoms with Gasteiger partial charge in [0.25, 0.3) is 0 Å². The van der Waals surface area contributed by atoms with Gasteiger partial charge in [-0.15, -0.1) is 0 Å². The van der Waals surface area contributed by atoms with Gasteiger partial charge in [-0.2, -0.15) is 0 Å². The Morgan fingerprint density at radius 1 is 1.64 bits per heavy atom. The molecule has 0 aliphatic carbocycles. The van der Waals surface area contributed by atoms with Gasteiger partial charge in [0, 0.05) is 12.5 Å². The molecule has 0 aromatic carbocycles. The Kier molecular flexibility index (Phi) is 2.21. The van der Waals surface area contributed by atoms with Crippen molar-refractivity contribution < 1.29 is 4.79 Å². The zero-order valence-corrected chi connectivity index (χ0v) is 7.61. The molecule has 64 valence electrons. The summed E-state index contributed by atoms with van der Waals surface area (Å²) in [6.07, 6.45) is 2.07. The average molecular weight is 155 g/mol. The van der Waals surface area contributed by atoms with E-state index in [1.165, 1.54) is 0 Å². The van der Waals surface area contributed by atoms with Crippen LogP contribution in [-0.4, -0.2) is 12.5 Å². The van der Waals surface area contributed by atoms with E-state index >= 15 is 0 Å². The minimum atomic E-state index is 0.205. The summed E-state index contributed by atoms with van der Waals surface area (Å²) in [5.74, 6) is 0.458. The third-order valence-corrected chi connectivity index (χ3v) is 2.74. The highest BCUT2D eigenvalue weighted by Crippen LogP contribution is 2.35. The van der Waals surface area contributed by atoms with Gasteiger partial charge in [-0.05, 0) is 18.3 Å². The van der Waals surface area contributed by atoms with E-state index in [0.29, 0.717) is 0 Å². The Hall–Kier alpha value is -0.530. The summed E-state index contributed by atoms with van der Waals surface area (Å²) in [4.78, 5) is 11.3.